The van der Waals surface area contributed by atoms with E-state index < -0.39 is 0 Å². The van der Waals surface area contributed by atoms with Crippen LogP contribution < -0.4 is 5.32 Å². The van der Waals surface area contributed by atoms with E-state index in [2.05, 4.69) is 10.3 Å². The molecular weight excluding hydrogens is 251 g/mol. The summed E-state index contributed by atoms with van der Waals surface area (Å²) in [5, 5.41) is 4.70. The smallest absolute Gasteiger partial charge is 0.129 e. The lowest BCUT2D eigenvalue weighted by molar-refractivity contribution is 0.858. The topological polar surface area (TPSA) is 24.9 Å². The second-order valence-electron chi connectivity index (χ2n) is 3.41. The molecule has 0 saturated carbocycles. The Morgan fingerprint density at radius 1 is 1.53 bits per heavy atom. The van der Waals surface area contributed by atoms with Crippen molar-refractivity contribution >= 4 is 35.8 Å². The van der Waals surface area contributed by atoms with Crippen LogP contribution in [0.4, 0.5) is 0 Å². The zero-order chi connectivity index (χ0) is 9.80. The fourth-order valence-electron chi connectivity index (χ4n) is 1.48. The van der Waals surface area contributed by atoms with Crippen LogP contribution in [-0.4, -0.2) is 23.3 Å². The van der Waals surface area contributed by atoms with Crippen LogP contribution in [0.15, 0.2) is 18.3 Å². The normalized spacial score (nSPS) is 19.9. The molecule has 0 unspecified atom stereocenters. The van der Waals surface area contributed by atoms with Crippen LogP contribution in [0.25, 0.3) is 0 Å². The summed E-state index contributed by atoms with van der Waals surface area (Å²) in [4.78, 5) is 4.06. The third-order valence-corrected chi connectivity index (χ3v) is 3.89. The predicted molar refractivity (Wildman–Crippen MR) is 69.1 cm³/mol. The molecule has 2 rings (SSSR count). The quantitative estimate of drug-likeness (QED) is 0.851. The Bertz CT molecular complexity index is 286. The molecule has 0 bridgehead atoms. The van der Waals surface area contributed by atoms with E-state index in [9.17, 15) is 0 Å². The molecule has 0 aliphatic carbocycles. The minimum Gasteiger partial charge on any atom is -0.316 e. The van der Waals surface area contributed by atoms with Gasteiger partial charge in [0.25, 0.3) is 0 Å². The first-order chi connectivity index (χ1) is 6.84. The lowest BCUT2D eigenvalue weighted by Crippen LogP contribution is -2.10. The van der Waals surface area contributed by atoms with E-state index in [1.165, 1.54) is 12.0 Å². The molecule has 0 radical (unpaired) electrons. The van der Waals surface area contributed by atoms with E-state index in [4.69, 9.17) is 11.6 Å². The Labute approximate surface area is 106 Å². The number of hydrogen-bond donors (Lipinski definition) is 1. The van der Waals surface area contributed by atoms with Crippen molar-refractivity contribution in [3.63, 3.8) is 0 Å². The zero-order valence-corrected chi connectivity index (χ0v) is 10.7. The van der Waals surface area contributed by atoms with Crippen molar-refractivity contribution in [2.24, 2.45) is 0 Å². The van der Waals surface area contributed by atoms with Gasteiger partial charge in [0.05, 0.1) is 0 Å². The van der Waals surface area contributed by atoms with Gasteiger partial charge in [0.1, 0.15) is 5.15 Å². The zero-order valence-electron chi connectivity index (χ0n) is 8.28. The maximum Gasteiger partial charge on any atom is 0.129 e. The number of thioether (sulfide) groups is 1. The van der Waals surface area contributed by atoms with Crippen LogP contribution in [0.2, 0.25) is 5.15 Å². The minimum atomic E-state index is 0. The Kier molecular flexibility index (Phi) is 5.75. The van der Waals surface area contributed by atoms with Crippen molar-refractivity contribution in [1.82, 2.24) is 10.3 Å². The second-order valence-corrected chi connectivity index (χ2v) is 5.09. The molecule has 1 aliphatic rings. The minimum absolute atomic E-state index is 0. The van der Waals surface area contributed by atoms with Gasteiger partial charge in [0, 0.05) is 23.7 Å². The van der Waals surface area contributed by atoms with E-state index in [-0.39, 0.29) is 12.4 Å². The van der Waals surface area contributed by atoms with Crippen molar-refractivity contribution in [3.05, 3.63) is 29.0 Å². The predicted octanol–water partition coefficient (Wildman–Crippen LogP) is 2.75. The first-order valence-electron chi connectivity index (χ1n) is 4.77. The molecular formula is C10H14Cl2N2S. The molecule has 5 heteroatoms. The standard InChI is InChI=1S/C10H13ClN2S.ClH/c11-10-2-1-8(5-13-10)7-14-9-3-4-12-6-9;/h1-2,5,9,12H,3-4,6-7H2;1H/t9-;/m1./s1. The fraction of sp³-hybridized carbons (Fsp3) is 0.500. The molecule has 1 aromatic rings. The summed E-state index contributed by atoms with van der Waals surface area (Å²) in [6.07, 6.45) is 3.14. The highest BCUT2D eigenvalue weighted by Gasteiger charge is 2.14. The van der Waals surface area contributed by atoms with E-state index >= 15 is 0 Å². The van der Waals surface area contributed by atoms with E-state index in [0.717, 1.165) is 24.1 Å². The largest absolute Gasteiger partial charge is 0.316 e. The van der Waals surface area contributed by atoms with Gasteiger partial charge in [0.2, 0.25) is 0 Å². The number of nitrogens with zero attached hydrogens (tertiary/aromatic N) is 1. The molecule has 1 atom stereocenters. The first-order valence-corrected chi connectivity index (χ1v) is 6.20. The highest BCUT2D eigenvalue weighted by Crippen LogP contribution is 2.22. The molecule has 0 spiro atoms. The summed E-state index contributed by atoms with van der Waals surface area (Å²) in [6, 6.07) is 3.90. The third-order valence-electron chi connectivity index (χ3n) is 2.29. The number of halogens is 2. The van der Waals surface area contributed by atoms with Gasteiger partial charge in [0.15, 0.2) is 0 Å². The Hall–Kier alpha value is 0.0400. The first kappa shape index (κ1) is 13.1. The van der Waals surface area contributed by atoms with Gasteiger partial charge in [-0.15, -0.1) is 12.4 Å². The molecule has 15 heavy (non-hydrogen) atoms. The number of pyridine rings is 1. The summed E-state index contributed by atoms with van der Waals surface area (Å²) < 4.78 is 0. The molecule has 1 saturated heterocycles. The molecule has 1 N–H and O–H groups in total. The third kappa shape index (κ3) is 4.19. The summed E-state index contributed by atoms with van der Waals surface area (Å²) in [5.41, 5.74) is 1.26. The fourth-order valence-corrected chi connectivity index (χ4v) is 2.71. The summed E-state index contributed by atoms with van der Waals surface area (Å²) in [5.74, 6) is 1.04. The lowest BCUT2D eigenvalue weighted by atomic mass is 10.3. The van der Waals surface area contributed by atoms with Crippen molar-refractivity contribution < 1.29 is 0 Å². The maximum absolute atomic E-state index is 5.71. The maximum atomic E-state index is 5.71. The van der Waals surface area contributed by atoms with Gasteiger partial charge in [-0.2, -0.15) is 11.8 Å². The van der Waals surface area contributed by atoms with Crippen molar-refractivity contribution in [3.8, 4) is 0 Å². The summed E-state index contributed by atoms with van der Waals surface area (Å²) in [6.45, 7) is 2.31. The van der Waals surface area contributed by atoms with Crippen LogP contribution in [0.3, 0.4) is 0 Å². The lowest BCUT2D eigenvalue weighted by Gasteiger charge is -2.07. The van der Waals surface area contributed by atoms with Crippen molar-refractivity contribution in [2.45, 2.75) is 17.4 Å². The molecule has 1 aromatic heterocycles. The molecule has 2 heterocycles. The van der Waals surface area contributed by atoms with E-state index in [1.807, 2.05) is 30.1 Å². The molecule has 0 amide bonds. The van der Waals surface area contributed by atoms with Crippen LogP contribution >= 0.6 is 35.8 Å². The van der Waals surface area contributed by atoms with Crippen LogP contribution in [0.1, 0.15) is 12.0 Å². The Morgan fingerprint density at radius 2 is 2.40 bits per heavy atom. The number of rotatable bonds is 3. The molecule has 1 fully saturated rings. The average Bonchev–Trinajstić information content (AvgIpc) is 2.70. The Morgan fingerprint density at radius 3 is 3.00 bits per heavy atom. The van der Waals surface area contributed by atoms with Crippen molar-refractivity contribution in [2.75, 3.05) is 13.1 Å². The second kappa shape index (κ2) is 6.59. The van der Waals surface area contributed by atoms with Crippen LogP contribution in [0.5, 0.6) is 0 Å². The van der Waals surface area contributed by atoms with Gasteiger partial charge >= 0.3 is 0 Å². The van der Waals surface area contributed by atoms with Gasteiger partial charge in [-0.3, -0.25) is 0 Å². The number of nitrogens with one attached hydrogen (secondary N) is 1. The van der Waals surface area contributed by atoms with Crippen LogP contribution in [-0.2, 0) is 5.75 Å². The molecule has 2 nitrogen and oxygen atoms in total. The molecule has 0 aromatic carbocycles. The summed E-state index contributed by atoms with van der Waals surface area (Å²) in [7, 11) is 0. The van der Waals surface area contributed by atoms with E-state index in [1.54, 1.807) is 0 Å². The SMILES string of the molecule is Cl.Clc1ccc(CS[C@@H]2CCNC2)cn1. The van der Waals surface area contributed by atoms with Crippen LogP contribution in [0, 0.1) is 0 Å². The van der Waals surface area contributed by atoms with Gasteiger partial charge < -0.3 is 5.32 Å². The average molecular weight is 265 g/mol. The van der Waals surface area contributed by atoms with Gasteiger partial charge in [-0.25, -0.2) is 4.98 Å². The molecule has 1 aliphatic heterocycles. The highest BCUT2D eigenvalue weighted by atomic mass is 35.5. The summed E-state index contributed by atoms with van der Waals surface area (Å²) >= 11 is 7.71. The monoisotopic (exact) mass is 264 g/mol. The van der Waals surface area contributed by atoms with E-state index in [0.29, 0.717) is 5.15 Å². The highest BCUT2D eigenvalue weighted by molar-refractivity contribution is 7.99. The molecule has 84 valence electrons. The van der Waals surface area contributed by atoms with Gasteiger partial charge in [-0.1, -0.05) is 17.7 Å². The number of aromatic nitrogens is 1. The van der Waals surface area contributed by atoms with Gasteiger partial charge in [-0.05, 0) is 24.6 Å². The van der Waals surface area contributed by atoms with Crippen molar-refractivity contribution in [1.29, 1.82) is 0 Å². The number of hydrogen-bond acceptors (Lipinski definition) is 3. The Balaban J connectivity index is 0.00000112.